The predicted octanol–water partition coefficient (Wildman–Crippen LogP) is 4.23. The highest BCUT2D eigenvalue weighted by molar-refractivity contribution is 4.79. The zero-order chi connectivity index (χ0) is 11.9. The average molecular weight is 213 g/mol. The average Bonchev–Trinajstić information content (AvgIpc) is 2.14. The smallest absolute Gasteiger partial charge is 0.00439 e. The summed E-state index contributed by atoms with van der Waals surface area (Å²) in [4.78, 5) is 0. The van der Waals surface area contributed by atoms with Crippen molar-refractivity contribution in [2.45, 2.75) is 73.3 Å². The van der Waals surface area contributed by atoms with Crippen molar-refractivity contribution in [2.24, 2.45) is 11.3 Å². The highest BCUT2D eigenvalue weighted by Crippen LogP contribution is 2.34. The summed E-state index contributed by atoms with van der Waals surface area (Å²) in [5.41, 5.74) is 0.468. The quantitative estimate of drug-likeness (QED) is 0.636. The third-order valence-corrected chi connectivity index (χ3v) is 3.63. The molecule has 0 aliphatic heterocycles. The second kappa shape index (κ2) is 7.27. The van der Waals surface area contributed by atoms with Gasteiger partial charge in [-0.2, -0.15) is 0 Å². The molecule has 1 nitrogen and oxygen atoms in total. The van der Waals surface area contributed by atoms with Crippen LogP contribution in [0.3, 0.4) is 0 Å². The maximum absolute atomic E-state index is 3.59. The van der Waals surface area contributed by atoms with Gasteiger partial charge in [0.15, 0.2) is 0 Å². The van der Waals surface area contributed by atoms with Crippen molar-refractivity contribution in [3.8, 4) is 0 Å². The lowest BCUT2D eigenvalue weighted by Gasteiger charge is -2.34. The first-order chi connectivity index (χ1) is 6.94. The molecule has 1 heteroatoms. The monoisotopic (exact) mass is 213 g/mol. The molecule has 0 bridgehead atoms. The van der Waals surface area contributed by atoms with Crippen LogP contribution in [-0.4, -0.2) is 12.6 Å². The Morgan fingerprint density at radius 1 is 1.07 bits per heavy atom. The highest BCUT2D eigenvalue weighted by Gasteiger charge is 2.26. The van der Waals surface area contributed by atoms with Crippen LogP contribution in [-0.2, 0) is 0 Å². The molecule has 0 aromatic carbocycles. The molecule has 92 valence electrons. The molecule has 0 amide bonds. The fraction of sp³-hybridized carbons (Fsp3) is 1.00. The van der Waals surface area contributed by atoms with Crippen molar-refractivity contribution in [3.63, 3.8) is 0 Å². The lowest BCUT2D eigenvalue weighted by Crippen LogP contribution is -2.34. The second-order valence-electron chi connectivity index (χ2n) is 5.74. The van der Waals surface area contributed by atoms with Gasteiger partial charge in [0.2, 0.25) is 0 Å². The van der Waals surface area contributed by atoms with Gasteiger partial charge >= 0.3 is 0 Å². The van der Waals surface area contributed by atoms with Crippen LogP contribution in [0.25, 0.3) is 0 Å². The Morgan fingerprint density at radius 3 is 2.13 bits per heavy atom. The van der Waals surface area contributed by atoms with Gasteiger partial charge in [-0.1, -0.05) is 47.5 Å². The van der Waals surface area contributed by atoms with Crippen molar-refractivity contribution in [1.29, 1.82) is 0 Å². The summed E-state index contributed by atoms with van der Waals surface area (Å²) in [5.74, 6) is 0.827. The first-order valence-electron chi connectivity index (χ1n) is 6.67. The van der Waals surface area contributed by atoms with Gasteiger partial charge in [-0.15, -0.1) is 0 Å². The molecule has 0 radical (unpaired) electrons. The van der Waals surface area contributed by atoms with Gasteiger partial charge in [-0.3, -0.25) is 0 Å². The normalized spacial score (nSPS) is 16.4. The SMILES string of the molecule is CCCNC(C)CC(C)(C)C(C)CCC. The van der Waals surface area contributed by atoms with Crippen LogP contribution < -0.4 is 5.32 Å². The maximum atomic E-state index is 3.59. The Bertz CT molecular complexity index is 151. The van der Waals surface area contributed by atoms with Crippen molar-refractivity contribution < 1.29 is 0 Å². The van der Waals surface area contributed by atoms with Crippen LogP contribution in [0.5, 0.6) is 0 Å². The van der Waals surface area contributed by atoms with E-state index < -0.39 is 0 Å². The first kappa shape index (κ1) is 15.0. The van der Waals surface area contributed by atoms with E-state index in [4.69, 9.17) is 0 Å². The lowest BCUT2D eigenvalue weighted by atomic mass is 9.73. The van der Waals surface area contributed by atoms with Crippen LogP contribution in [0.2, 0.25) is 0 Å². The Kier molecular flexibility index (Phi) is 7.25. The van der Waals surface area contributed by atoms with Gasteiger partial charge in [0.1, 0.15) is 0 Å². The van der Waals surface area contributed by atoms with Crippen LogP contribution in [0.1, 0.15) is 67.2 Å². The second-order valence-corrected chi connectivity index (χ2v) is 5.74. The van der Waals surface area contributed by atoms with Crippen LogP contribution in [0.4, 0.5) is 0 Å². The summed E-state index contributed by atoms with van der Waals surface area (Å²) in [6, 6.07) is 0.652. The van der Waals surface area contributed by atoms with Crippen molar-refractivity contribution >= 4 is 0 Å². The summed E-state index contributed by atoms with van der Waals surface area (Å²) < 4.78 is 0. The summed E-state index contributed by atoms with van der Waals surface area (Å²) in [6.45, 7) is 15.2. The van der Waals surface area contributed by atoms with Crippen molar-refractivity contribution in [3.05, 3.63) is 0 Å². The fourth-order valence-electron chi connectivity index (χ4n) is 2.28. The molecule has 1 N–H and O–H groups in total. The van der Waals surface area contributed by atoms with Crippen molar-refractivity contribution in [1.82, 2.24) is 5.32 Å². The lowest BCUT2D eigenvalue weighted by molar-refractivity contribution is 0.178. The Balaban J connectivity index is 3.99. The fourth-order valence-corrected chi connectivity index (χ4v) is 2.28. The number of hydrogen-bond acceptors (Lipinski definition) is 1. The van der Waals surface area contributed by atoms with Crippen LogP contribution in [0.15, 0.2) is 0 Å². The topological polar surface area (TPSA) is 12.0 Å². The van der Waals surface area contributed by atoms with E-state index in [1.807, 2.05) is 0 Å². The van der Waals surface area contributed by atoms with E-state index in [0.717, 1.165) is 12.5 Å². The molecule has 2 unspecified atom stereocenters. The van der Waals surface area contributed by atoms with E-state index >= 15 is 0 Å². The number of rotatable bonds is 8. The molecule has 15 heavy (non-hydrogen) atoms. The van der Waals surface area contributed by atoms with E-state index in [-0.39, 0.29) is 0 Å². The molecule has 0 heterocycles. The summed E-state index contributed by atoms with van der Waals surface area (Å²) in [6.07, 6.45) is 5.18. The molecule has 0 saturated carbocycles. The molecular weight excluding hydrogens is 182 g/mol. The minimum atomic E-state index is 0.468. The van der Waals surface area contributed by atoms with E-state index in [9.17, 15) is 0 Å². The summed E-state index contributed by atoms with van der Waals surface area (Å²) in [7, 11) is 0. The van der Waals surface area contributed by atoms with Crippen molar-refractivity contribution in [2.75, 3.05) is 6.54 Å². The Hall–Kier alpha value is -0.0400. The standard InChI is InChI=1S/C14H31N/c1-7-9-12(3)14(5,6)11-13(4)15-10-8-2/h12-13,15H,7-11H2,1-6H3. The molecule has 0 aliphatic carbocycles. The molecular formula is C14H31N. The Labute approximate surface area is 97.0 Å². The van der Waals surface area contributed by atoms with Gasteiger partial charge in [-0.25, -0.2) is 0 Å². The van der Waals surface area contributed by atoms with Gasteiger partial charge in [-0.05, 0) is 37.6 Å². The first-order valence-corrected chi connectivity index (χ1v) is 6.67. The van der Waals surface area contributed by atoms with E-state index in [2.05, 4.69) is 46.9 Å². The molecule has 0 rings (SSSR count). The molecule has 0 spiro atoms. The van der Waals surface area contributed by atoms with E-state index in [1.54, 1.807) is 0 Å². The molecule has 0 aliphatic rings. The van der Waals surface area contributed by atoms with E-state index in [0.29, 0.717) is 11.5 Å². The molecule has 0 aromatic rings. The largest absolute Gasteiger partial charge is 0.314 e. The Morgan fingerprint density at radius 2 is 1.67 bits per heavy atom. The van der Waals surface area contributed by atoms with E-state index in [1.165, 1.54) is 25.7 Å². The minimum Gasteiger partial charge on any atom is -0.314 e. The van der Waals surface area contributed by atoms with Crippen LogP contribution in [0, 0.1) is 11.3 Å². The van der Waals surface area contributed by atoms with Crippen LogP contribution >= 0.6 is 0 Å². The molecule has 0 fully saturated rings. The third kappa shape index (κ3) is 6.19. The summed E-state index contributed by atoms with van der Waals surface area (Å²) in [5, 5.41) is 3.59. The minimum absolute atomic E-state index is 0.468. The molecule has 0 aromatic heterocycles. The van der Waals surface area contributed by atoms with Gasteiger partial charge in [0.05, 0.1) is 0 Å². The van der Waals surface area contributed by atoms with Gasteiger partial charge in [0.25, 0.3) is 0 Å². The number of nitrogens with one attached hydrogen (secondary N) is 1. The highest BCUT2D eigenvalue weighted by atomic mass is 14.9. The maximum Gasteiger partial charge on any atom is 0.00439 e. The molecule has 2 atom stereocenters. The number of hydrogen-bond donors (Lipinski definition) is 1. The van der Waals surface area contributed by atoms with Gasteiger partial charge < -0.3 is 5.32 Å². The molecule has 0 saturated heterocycles. The third-order valence-electron chi connectivity index (χ3n) is 3.63. The zero-order valence-electron chi connectivity index (χ0n) is 11.7. The summed E-state index contributed by atoms with van der Waals surface area (Å²) >= 11 is 0. The zero-order valence-corrected chi connectivity index (χ0v) is 11.7. The predicted molar refractivity (Wildman–Crippen MR) is 70.2 cm³/mol. The van der Waals surface area contributed by atoms with Gasteiger partial charge in [0, 0.05) is 6.04 Å².